The fraction of sp³-hybridized carbons (Fsp3) is 0.348. The monoisotopic (exact) mass is 407 g/mol. The number of nitrogens with one attached hydrogen (secondary N) is 1. The number of amides is 1. The molecule has 0 unspecified atom stereocenters. The lowest BCUT2D eigenvalue weighted by Gasteiger charge is -2.16. The van der Waals surface area contributed by atoms with E-state index in [0.29, 0.717) is 17.4 Å². The van der Waals surface area contributed by atoms with Crippen LogP contribution in [0.1, 0.15) is 38.5 Å². The summed E-state index contributed by atoms with van der Waals surface area (Å²) >= 11 is 0. The van der Waals surface area contributed by atoms with E-state index in [2.05, 4.69) is 15.3 Å². The molecular weight excluding hydrogens is 382 g/mol. The van der Waals surface area contributed by atoms with E-state index in [0.717, 1.165) is 42.4 Å². The number of hydrogen-bond donors (Lipinski definition) is 1. The van der Waals surface area contributed by atoms with Crippen molar-refractivity contribution in [2.24, 2.45) is 0 Å². The Labute approximate surface area is 175 Å². The highest BCUT2D eigenvalue weighted by Gasteiger charge is 2.17. The van der Waals surface area contributed by atoms with Crippen LogP contribution in [0.25, 0.3) is 22.6 Å². The molecule has 0 saturated heterocycles. The summed E-state index contributed by atoms with van der Waals surface area (Å²) in [6.07, 6.45) is 12.8. The molecular formula is C23H25N3O4. The van der Waals surface area contributed by atoms with Gasteiger partial charge in [-0.05, 0) is 37.1 Å². The number of methoxy groups -OCH3 is 1. The van der Waals surface area contributed by atoms with E-state index in [-0.39, 0.29) is 6.04 Å². The van der Waals surface area contributed by atoms with Crippen LogP contribution in [0.4, 0.5) is 4.79 Å². The quantitative estimate of drug-likeness (QED) is 0.583. The number of aromatic nitrogens is 2. The second-order valence-corrected chi connectivity index (χ2v) is 7.38. The van der Waals surface area contributed by atoms with Gasteiger partial charge in [0.25, 0.3) is 0 Å². The zero-order valence-electron chi connectivity index (χ0n) is 17.0. The van der Waals surface area contributed by atoms with Crippen molar-refractivity contribution in [1.82, 2.24) is 15.3 Å². The molecule has 0 radical (unpaired) electrons. The standard InChI is InChI=1S/C23H25N3O4/c1-28-21-9-8-19(30-23(27)26-18-6-4-2-3-5-7-18)13-20(21)16-12-17(15-24-14-16)22-25-10-11-29-22/h8-15,18H,2-7H2,1H3,(H,26,27). The van der Waals surface area contributed by atoms with Crippen molar-refractivity contribution < 1.29 is 18.7 Å². The molecule has 7 heteroatoms. The first-order chi connectivity index (χ1) is 14.7. The Bertz CT molecular complexity index is 980. The highest BCUT2D eigenvalue weighted by Crippen LogP contribution is 2.34. The Morgan fingerprint density at radius 3 is 2.63 bits per heavy atom. The van der Waals surface area contributed by atoms with Crippen LogP contribution in [0, 0.1) is 0 Å². The van der Waals surface area contributed by atoms with E-state index in [1.807, 2.05) is 6.07 Å². The maximum Gasteiger partial charge on any atom is 0.412 e. The van der Waals surface area contributed by atoms with E-state index in [1.165, 1.54) is 19.1 Å². The number of hydrogen-bond acceptors (Lipinski definition) is 6. The first-order valence-electron chi connectivity index (χ1n) is 10.2. The molecule has 1 fully saturated rings. The van der Waals surface area contributed by atoms with Gasteiger partial charge in [-0.1, -0.05) is 25.7 Å². The third kappa shape index (κ3) is 4.79. The molecule has 0 atom stereocenters. The minimum absolute atomic E-state index is 0.180. The van der Waals surface area contributed by atoms with Gasteiger partial charge in [-0.15, -0.1) is 0 Å². The Morgan fingerprint density at radius 2 is 1.90 bits per heavy atom. The molecule has 4 rings (SSSR count). The molecule has 3 aromatic rings. The van der Waals surface area contributed by atoms with Gasteiger partial charge in [0.05, 0.1) is 18.9 Å². The molecule has 2 aromatic heterocycles. The van der Waals surface area contributed by atoms with Crippen molar-refractivity contribution in [3.05, 3.63) is 49.1 Å². The first kappa shape index (κ1) is 19.9. The van der Waals surface area contributed by atoms with Crippen LogP contribution in [0.3, 0.4) is 0 Å². The predicted molar refractivity (Wildman–Crippen MR) is 112 cm³/mol. The van der Waals surface area contributed by atoms with Gasteiger partial charge in [0.2, 0.25) is 5.89 Å². The topological polar surface area (TPSA) is 86.5 Å². The maximum atomic E-state index is 12.4. The summed E-state index contributed by atoms with van der Waals surface area (Å²) < 4.78 is 16.4. The van der Waals surface area contributed by atoms with Gasteiger partial charge in [0.1, 0.15) is 17.8 Å². The molecule has 156 valence electrons. The summed E-state index contributed by atoms with van der Waals surface area (Å²) in [7, 11) is 1.60. The number of ether oxygens (including phenoxy) is 2. The normalized spacial score (nSPS) is 14.7. The summed E-state index contributed by atoms with van der Waals surface area (Å²) in [5, 5.41) is 3.00. The van der Waals surface area contributed by atoms with Crippen LogP contribution in [-0.2, 0) is 0 Å². The van der Waals surface area contributed by atoms with Crippen LogP contribution in [0.5, 0.6) is 11.5 Å². The van der Waals surface area contributed by atoms with Gasteiger partial charge in [-0.2, -0.15) is 0 Å². The van der Waals surface area contributed by atoms with Crippen LogP contribution >= 0.6 is 0 Å². The van der Waals surface area contributed by atoms with E-state index in [1.54, 1.807) is 43.9 Å². The number of nitrogens with zero attached hydrogens (tertiary/aromatic N) is 2. The van der Waals surface area contributed by atoms with Crippen molar-refractivity contribution in [2.75, 3.05) is 7.11 Å². The Hall–Kier alpha value is -3.35. The zero-order chi connectivity index (χ0) is 20.8. The lowest BCUT2D eigenvalue weighted by Crippen LogP contribution is -2.36. The van der Waals surface area contributed by atoms with E-state index in [4.69, 9.17) is 13.9 Å². The van der Waals surface area contributed by atoms with Crippen LogP contribution < -0.4 is 14.8 Å². The lowest BCUT2D eigenvalue weighted by atomic mass is 10.0. The molecule has 1 aromatic carbocycles. The number of pyridine rings is 1. The largest absolute Gasteiger partial charge is 0.496 e. The molecule has 1 aliphatic rings. The van der Waals surface area contributed by atoms with Crippen molar-refractivity contribution in [3.63, 3.8) is 0 Å². The summed E-state index contributed by atoms with van der Waals surface area (Å²) in [6.45, 7) is 0. The Balaban J connectivity index is 1.54. The van der Waals surface area contributed by atoms with Crippen molar-refractivity contribution in [3.8, 4) is 34.1 Å². The molecule has 30 heavy (non-hydrogen) atoms. The molecule has 0 aliphatic heterocycles. The zero-order valence-corrected chi connectivity index (χ0v) is 17.0. The minimum atomic E-state index is -0.426. The third-order valence-corrected chi connectivity index (χ3v) is 5.29. The molecule has 1 amide bonds. The second-order valence-electron chi connectivity index (χ2n) is 7.38. The van der Waals surface area contributed by atoms with Crippen molar-refractivity contribution in [1.29, 1.82) is 0 Å². The first-order valence-corrected chi connectivity index (χ1v) is 10.2. The molecule has 0 bridgehead atoms. The van der Waals surface area contributed by atoms with Gasteiger partial charge in [-0.3, -0.25) is 4.98 Å². The smallest absolute Gasteiger partial charge is 0.412 e. The van der Waals surface area contributed by atoms with Gasteiger partial charge < -0.3 is 19.2 Å². The molecule has 7 nitrogen and oxygen atoms in total. The number of benzene rings is 1. The summed E-state index contributed by atoms with van der Waals surface area (Å²) in [4.78, 5) is 20.9. The minimum Gasteiger partial charge on any atom is -0.496 e. The van der Waals surface area contributed by atoms with E-state index >= 15 is 0 Å². The highest BCUT2D eigenvalue weighted by molar-refractivity contribution is 5.76. The van der Waals surface area contributed by atoms with Crippen molar-refractivity contribution >= 4 is 6.09 Å². The fourth-order valence-electron chi connectivity index (χ4n) is 3.77. The van der Waals surface area contributed by atoms with Crippen LogP contribution in [0.15, 0.2) is 53.5 Å². The van der Waals surface area contributed by atoms with Crippen LogP contribution in [0.2, 0.25) is 0 Å². The Kier molecular flexibility index (Phi) is 6.27. The average Bonchev–Trinajstić information content (AvgIpc) is 3.19. The highest BCUT2D eigenvalue weighted by atomic mass is 16.6. The van der Waals surface area contributed by atoms with Crippen LogP contribution in [-0.4, -0.2) is 29.2 Å². The SMILES string of the molecule is COc1ccc(OC(=O)NC2CCCCCC2)cc1-c1cncc(-c2ncco2)c1. The van der Waals surface area contributed by atoms with E-state index in [9.17, 15) is 4.79 Å². The summed E-state index contributed by atoms with van der Waals surface area (Å²) in [5.74, 6) is 1.58. The second kappa shape index (κ2) is 9.43. The third-order valence-electron chi connectivity index (χ3n) is 5.29. The van der Waals surface area contributed by atoms with E-state index < -0.39 is 6.09 Å². The fourth-order valence-corrected chi connectivity index (χ4v) is 3.77. The molecule has 1 aliphatic carbocycles. The number of carbonyl (C=O) groups is 1. The van der Waals surface area contributed by atoms with Gasteiger partial charge in [0, 0.05) is 29.6 Å². The molecule has 1 saturated carbocycles. The molecule has 1 N–H and O–H groups in total. The van der Waals surface area contributed by atoms with Gasteiger partial charge in [0.15, 0.2) is 0 Å². The molecule has 2 heterocycles. The van der Waals surface area contributed by atoms with Gasteiger partial charge in [-0.25, -0.2) is 9.78 Å². The summed E-state index contributed by atoms with van der Waals surface area (Å²) in [6, 6.07) is 7.37. The average molecular weight is 407 g/mol. The lowest BCUT2D eigenvalue weighted by molar-refractivity contribution is 0.194. The Morgan fingerprint density at radius 1 is 1.10 bits per heavy atom. The molecule has 0 spiro atoms. The van der Waals surface area contributed by atoms with Crippen molar-refractivity contribution in [2.45, 2.75) is 44.6 Å². The number of carbonyl (C=O) groups excluding carboxylic acids is 1. The predicted octanol–water partition coefficient (Wildman–Crippen LogP) is 5.22. The number of oxazole rings is 1. The maximum absolute atomic E-state index is 12.4. The number of rotatable bonds is 5. The summed E-state index contributed by atoms with van der Waals surface area (Å²) in [5.41, 5.74) is 2.31. The van der Waals surface area contributed by atoms with Gasteiger partial charge >= 0.3 is 6.09 Å².